The number of methoxy groups -OCH3 is 1. The second-order valence-electron chi connectivity index (χ2n) is 3.15. The molecule has 2 nitrogen and oxygen atoms in total. The zero-order valence-corrected chi connectivity index (χ0v) is 8.55. The van der Waals surface area contributed by atoms with Crippen LogP contribution in [0, 0.1) is 0 Å². The Kier molecular flexibility index (Phi) is 4.39. The maximum atomic E-state index is 12.6. The summed E-state index contributed by atoms with van der Waals surface area (Å²) < 4.78 is 105. The molecule has 0 aliphatic carbocycles. The van der Waals surface area contributed by atoms with Crippen LogP contribution in [0.15, 0.2) is 0 Å². The molecule has 0 bridgehead atoms. The van der Waals surface area contributed by atoms with Crippen molar-refractivity contribution in [1.29, 1.82) is 0 Å². The minimum absolute atomic E-state index is 0.0355. The first-order chi connectivity index (χ1) is 7.33. The molecule has 0 spiro atoms. The zero-order chi connectivity index (χ0) is 14.1. The van der Waals surface area contributed by atoms with Crippen molar-refractivity contribution in [2.75, 3.05) is 13.8 Å². The molecule has 0 aromatic carbocycles. The van der Waals surface area contributed by atoms with E-state index >= 15 is 0 Å². The van der Waals surface area contributed by atoms with Crippen LogP contribution in [0.4, 0.5) is 35.1 Å². The highest BCUT2D eigenvalue weighted by Gasteiger charge is 2.75. The van der Waals surface area contributed by atoms with E-state index in [-0.39, 0.29) is 14.0 Å². The molecule has 0 saturated carbocycles. The quantitative estimate of drug-likeness (QED) is 0.694. The molecule has 0 fully saturated rings. The summed E-state index contributed by atoms with van der Waals surface area (Å²) in [5.74, 6) is -10.0. The number of hydrogen-bond acceptors (Lipinski definition) is 2. The smallest absolute Gasteiger partial charge is 0.319 e. The van der Waals surface area contributed by atoms with Gasteiger partial charge in [0.25, 0.3) is 0 Å². The predicted molar refractivity (Wildman–Crippen MR) is 38.4 cm³/mol. The highest BCUT2D eigenvalue weighted by atomic mass is 19.4. The zero-order valence-electron chi connectivity index (χ0n) is 8.55. The van der Waals surface area contributed by atoms with Crippen LogP contribution >= 0.6 is 0 Å². The average molecular weight is 276 g/mol. The SMILES string of the molecule is COC(F)(F)C(F)(F)C(F)(F)OC(C)(F)CF. The monoisotopic (exact) mass is 276 g/mol. The van der Waals surface area contributed by atoms with Gasteiger partial charge in [0.15, 0.2) is 0 Å². The van der Waals surface area contributed by atoms with Crippen molar-refractivity contribution in [3.63, 3.8) is 0 Å². The Morgan fingerprint density at radius 3 is 1.59 bits per heavy atom. The molecule has 0 N–H and O–H groups in total. The summed E-state index contributed by atoms with van der Waals surface area (Å²) in [5.41, 5.74) is 0. The molecular formula is C7H8F8O2. The van der Waals surface area contributed by atoms with Crippen molar-refractivity contribution in [3.8, 4) is 0 Å². The summed E-state index contributed by atoms with van der Waals surface area (Å²) in [6, 6.07) is 0. The van der Waals surface area contributed by atoms with E-state index in [1.807, 2.05) is 0 Å². The first-order valence-corrected chi connectivity index (χ1v) is 3.96. The van der Waals surface area contributed by atoms with E-state index in [0.717, 1.165) is 0 Å². The van der Waals surface area contributed by atoms with Crippen molar-refractivity contribution in [2.24, 2.45) is 0 Å². The number of alkyl halides is 8. The van der Waals surface area contributed by atoms with Crippen molar-refractivity contribution >= 4 is 0 Å². The fourth-order valence-corrected chi connectivity index (χ4v) is 0.656. The van der Waals surface area contributed by atoms with Crippen molar-refractivity contribution in [2.45, 2.75) is 30.9 Å². The summed E-state index contributed by atoms with van der Waals surface area (Å²) in [5, 5.41) is 0. The molecule has 1 atom stereocenters. The molecule has 17 heavy (non-hydrogen) atoms. The highest BCUT2D eigenvalue weighted by Crippen LogP contribution is 2.48. The number of hydrogen-bond donors (Lipinski definition) is 0. The Morgan fingerprint density at radius 2 is 1.29 bits per heavy atom. The Morgan fingerprint density at radius 1 is 0.882 bits per heavy atom. The minimum atomic E-state index is -6.17. The molecule has 10 heteroatoms. The van der Waals surface area contributed by atoms with Gasteiger partial charge in [0.05, 0.1) is 0 Å². The Balaban J connectivity index is 5.17. The van der Waals surface area contributed by atoms with Crippen molar-refractivity contribution < 1.29 is 44.6 Å². The number of ether oxygens (including phenoxy) is 2. The van der Waals surface area contributed by atoms with Gasteiger partial charge in [-0.1, -0.05) is 0 Å². The van der Waals surface area contributed by atoms with E-state index in [0.29, 0.717) is 0 Å². The Hall–Kier alpha value is -0.640. The third kappa shape index (κ3) is 3.18. The third-order valence-electron chi connectivity index (χ3n) is 1.57. The van der Waals surface area contributed by atoms with Crippen LogP contribution in [0.2, 0.25) is 0 Å². The van der Waals surface area contributed by atoms with Crippen LogP contribution in [0.25, 0.3) is 0 Å². The molecule has 0 aliphatic heterocycles. The average Bonchev–Trinajstić information content (AvgIpc) is 2.15. The molecule has 1 unspecified atom stereocenters. The lowest BCUT2D eigenvalue weighted by molar-refractivity contribution is -0.469. The van der Waals surface area contributed by atoms with Crippen molar-refractivity contribution in [1.82, 2.24) is 0 Å². The fourth-order valence-electron chi connectivity index (χ4n) is 0.656. The van der Waals surface area contributed by atoms with Gasteiger partial charge in [-0.25, -0.2) is 8.78 Å². The van der Waals surface area contributed by atoms with Crippen LogP contribution in [-0.4, -0.2) is 37.8 Å². The summed E-state index contributed by atoms with van der Waals surface area (Å²) in [6.07, 6.45) is -11.6. The van der Waals surface area contributed by atoms with Gasteiger partial charge >= 0.3 is 18.1 Å². The highest BCUT2D eigenvalue weighted by molar-refractivity contribution is 4.87. The fraction of sp³-hybridized carbons (Fsp3) is 1.00. The van der Waals surface area contributed by atoms with E-state index < -0.39 is 30.7 Å². The molecule has 0 aliphatic rings. The number of halogens is 8. The van der Waals surface area contributed by atoms with Crippen LogP contribution in [0.3, 0.4) is 0 Å². The van der Waals surface area contributed by atoms with Crippen LogP contribution in [0.5, 0.6) is 0 Å². The van der Waals surface area contributed by atoms with E-state index in [4.69, 9.17) is 0 Å². The third-order valence-corrected chi connectivity index (χ3v) is 1.57. The lowest BCUT2D eigenvalue weighted by Gasteiger charge is -2.33. The lowest BCUT2D eigenvalue weighted by Crippen LogP contribution is -2.58. The number of rotatable bonds is 6. The lowest BCUT2D eigenvalue weighted by atomic mass is 10.2. The molecule has 0 radical (unpaired) electrons. The van der Waals surface area contributed by atoms with Gasteiger partial charge < -0.3 is 4.74 Å². The first-order valence-electron chi connectivity index (χ1n) is 3.96. The van der Waals surface area contributed by atoms with Gasteiger partial charge in [-0.3, -0.25) is 4.74 Å². The molecule has 0 aromatic heterocycles. The predicted octanol–water partition coefficient (Wildman–Crippen LogP) is 3.13. The maximum absolute atomic E-state index is 12.6. The summed E-state index contributed by atoms with van der Waals surface area (Å²) in [7, 11) is 0.0355. The second-order valence-corrected chi connectivity index (χ2v) is 3.15. The topological polar surface area (TPSA) is 18.5 Å². The minimum Gasteiger partial charge on any atom is -0.319 e. The van der Waals surface area contributed by atoms with Gasteiger partial charge in [0.1, 0.15) is 6.67 Å². The molecule has 0 saturated heterocycles. The summed E-state index contributed by atoms with van der Waals surface area (Å²) in [6.45, 7) is -2.18. The van der Waals surface area contributed by atoms with Gasteiger partial charge in [0.2, 0.25) is 5.85 Å². The van der Waals surface area contributed by atoms with Gasteiger partial charge in [-0.15, -0.1) is 0 Å². The molecule has 104 valence electrons. The van der Waals surface area contributed by atoms with Crippen LogP contribution < -0.4 is 0 Å². The molecule has 0 aromatic rings. The maximum Gasteiger partial charge on any atom is 0.431 e. The van der Waals surface area contributed by atoms with E-state index in [2.05, 4.69) is 9.47 Å². The van der Waals surface area contributed by atoms with Crippen molar-refractivity contribution in [3.05, 3.63) is 0 Å². The van der Waals surface area contributed by atoms with Crippen LogP contribution in [0.1, 0.15) is 6.92 Å². The van der Waals surface area contributed by atoms with Gasteiger partial charge in [0, 0.05) is 7.11 Å². The molecular weight excluding hydrogens is 268 g/mol. The Bertz CT molecular complexity index is 265. The summed E-state index contributed by atoms with van der Waals surface area (Å²) >= 11 is 0. The van der Waals surface area contributed by atoms with Gasteiger partial charge in [-0.2, -0.15) is 26.3 Å². The Labute approximate surface area is 90.5 Å². The molecule has 0 heterocycles. The van der Waals surface area contributed by atoms with E-state index in [1.165, 1.54) is 0 Å². The summed E-state index contributed by atoms with van der Waals surface area (Å²) in [4.78, 5) is 0. The van der Waals surface area contributed by atoms with Gasteiger partial charge in [-0.05, 0) is 6.92 Å². The first kappa shape index (κ1) is 16.4. The van der Waals surface area contributed by atoms with Crippen LogP contribution in [-0.2, 0) is 9.47 Å². The molecule has 0 amide bonds. The van der Waals surface area contributed by atoms with E-state index in [1.54, 1.807) is 0 Å². The standard InChI is InChI=1S/C7H8F8O2/c1-4(9,3-8)17-7(14,15)5(10,11)6(12,13)16-2/h3H2,1-2H3. The largest absolute Gasteiger partial charge is 0.431 e. The van der Waals surface area contributed by atoms with E-state index in [9.17, 15) is 35.1 Å². The normalized spacial score (nSPS) is 18.0. The second kappa shape index (κ2) is 4.56. The molecule has 0 rings (SSSR count).